The second kappa shape index (κ2) is 5.75. The van der Waals surface area contributed by atoms with E-state index in [1.54, 1.807) is 6.92 Å². The zero-order valence-corrected chi connectivity index (χ0v) is 13.3. The first-order valence-electron chi connectivity index (χ1n) is 7.72. The summed E-state index contributed by atoms with van der Waals surface area (Å²) >= 11 is 0. The summed E-state index contributed by atoms with van der Waals surface area (Å²) in [6.07, 6.45) is -2.78. The Morgan fingerprint density at radius 1 is 1.28 bits per heavy atom. The lowest BCUT2D eigenvalue weighted by Gasteiger charge is -2.20. The molecule has 0 bridgehead atoms. The van der Waals surface area contributed by atoms with Crippen LogP contribution in [0.2, 0.25) is 0 Å². The number of alkyl halides is 3. The van der Waals surface area contributed by atoms with Crippen molar-refractivity contribution in [1.82, 2.24) is 10.2 Å². The summed E-state index contributed by atoms with van der Waals surface area (Å²) in [5, 5.41) is 5.00. The molecule has 2 aliphatic rings. The highest BCUT2D eigenvalue weighted by molar-refractivity contribution is 6.10. The molecule has 25 heavy (non-hydrogen) atoms. The molecule has 1 aliphatic heterocycles. The highest BCUT2D eigenvalue weighted by atomic mass is 19.4. The normalized spacial score (nSPS) is 23.6. The smallest absolute Gasteiger partial charge is 0.325 e. The third-order valence-corrected chi connectivity index (χ3v) is 4.49. The van der Waals surface area contributed by atoms with Crippen LogP contribution in [-0.2, 0) is 15.8 Å². The first kappa shape index (κ1) is 17.2. The van der Waals surface area contributed by atoms with Crippen molar-refractivity contribution < 1.29 is 27.6 Å². The maximum Gasteiger partial charge on any atom is 0.416 e. The number of nitrogens with one attached hydrogen (secondary N) is 2. The Bertz CT molecular complexity index is 728. The molecule has 0 radical (unpaired) electrons. The zero-order chi connectivity index (χ0) is 18.4. The van der Waals surface area contributed by atoms with Gasteiger partial charge in [-0.25, -0.2) is 4.79 Å². The van der Waals surface area contributed by atoms with Gasteiger partial charge >= 0.3 is 12.2 Å². The molecule has 6 nitrogen and oxygen atoms in total. The minimum atomic E-state index is -4.46. The quantitative estimate of drug-likeness (QED) is 0.814. The molecule has 1 saturated heterocycles. The second-order valence-electron chi connectivity index (χ2n) is 6.42. The number of hydrogen-bond acceptors (Lipinski definition) is 3. The van der Waals surface area contributed by atoms with Crippen molar-refractivity contribution in [2.24, 2.45) is 5.92 Å². The van der Waals surface area contributed by atoms with E-state index in [4.69, 9.17) is 0 Å². The van der Waals surface area contributed by atoms with E-state index >= 15 is 0 Å². The number of hydrogen-bond donors (Lipinski definition) is 2. The maximum atomic E-state index is 12.5. The summed E-state index contributed by atoms with van der Waals surface area (Å²) in [7, 11) is 0. The molecule has 1 aliphatic carbocycles. The van der Waals surface area contributed by atoms with Crippen LogP contribution in [0.25, 0.3) is 0 Å². The molecule has 2 fully saturated rings. The molecule has 2 N–H and O–H groups in total. The molecule has 3 rings (SSSR count). The van der Waals surface area contributed by atoms with E-state index in [2.05, 4.69) is 10.6 Å². The molecule has 0 unspecified atom stereocenters. The fourth-order valence-corrected chi connectivity index (χ4v) is 2.88. The van der Waals surface area contributed by atoms with Crippen molar-refractivity contribution in [3.8, 4) is 0 Å². The van der Waals surface area contributed by atoms with Crippen LogP contribution >= 0.6 is 0 Å². The fraction of sp³-hybridized carbons (Fsp3) is 0.438. The van der Waals surface area contributed by atoms with Crippen molar-refractivity contribution >= 4 is 23.5 Å². The van der Waals surface area contributed by atoms with Crippen LogP contribution in [0.1, 0.15) is 25.3 Å². The highest BCUT2D eigenvalue weighted by Gasteiger charge is 2.56. The van der Waals surface area contributed by atoms with Gasteiger partial charge in [-0.3, -0.25) is 14.5 Å². The zero-order valence-electron chi connectivity index (χ0n) is 13.3. The predicted octanol–water partition coefficient (Wildman–Crippen LogP) is 2.36. The molecule has 1 heterocycles. The van der Waals surface area contributed by atoms with Gasteiger partial charge in [0.05, 0.1) is 5.56 Å². The van der Waals surface area contributed by atoms with E-state index in [0.717, 1.165) is 42.0 Å². The molecule has 1 aromatic rings. The predicted molar refractivity (Wildman–Crippen MR) is 81.4 cm³/mol. The van der Waals surface area contributed by atoms with Gasteiger partial charge in [-0.1, -0.05) is 0 Å². The van der Waals surface area contributed by atoms with Crippen molar-refractivity contribution in [3.05, 3.63) is 29.8 Å². The van der Waals surface area contributed by atoms with Gasteiger partial charge in [0.25, 0.3) is 5.91 Å². The van der Waals surface area contributed by atoms with Crippen molar-refractivity contribution in [1.29, 1.82) is 0 Å². The van der Waals surface area contributed by atoms with Crippen molar-refractivity contribution in [3.63, 3.8) is 0 Å². The average molecular weight is 355 g/mol. The van der Waals surface area contributed by atoms with Crippen molar-refractivity contribution in [2.75, 3.05) is 11.9 Å². The van der Waals surface area contributed by atoms with Crippen LogP contribution in [-0.4, -0.2) is 34.8 Å². The topological polar surface area (TPSA) is 78.5 Å². The van der Waals surface area contributed by atoms with Gasteiger partial charge in [0.1, 0.15) is 12.1 Å². The SMILES string of the molecule is C[C@@]1(C2CC2)NC(=O)N(CC(=O)Nc2ccc(C(F)(F)F)cc2)C1=O. The molecule has 0 spiro atoms. The second-order valence-corrected chi connectivity index (χ2v) is 6.42. The van der Waals surface area contributed by atoms with Gasteiger partial charge in [0, 0.05) is 5.69 Å². The first-order chi connectivity index (χ1) is 11.6. The summed E-state index contributed by atoms with van der Waals surface area (Å²) in [6.45, 7) is 1.15. The lowest BCUT2D eigenvalue weighted by atomic mass is 9.96. The third-order valence-electron chi connectivity index (χ3n) is 4.49. The Kier molecular flexibility index (Phi) is 3.97. The van der Waals surface area contributed by atoms with Crippen LogP contribution in [0, 0.1) is 5.92 Å². The number of carbonyl (C=O) groups is 3. The van der Waals surface area contributed by atoms with Crippen molar-refractivity contribution in [2.45, 2.75) is 31.5 Å². The van der Waals surface area contributed by atoms with Gasteiger partial charge < -0.3 is 10.6 Å². The molecule has 0 aromatic heterocycles. The number of nitrogens with zero attached hydrogens (tertiary/aromatic N) is 1. The number of urea groups is 1. The Balaban J connectivity index is 1.63. The number of carbonyl (C=O) groups excluding carboxylic acids is 3. The largest absolute Gasteiger partial charge is 0.416 e. The van der Waals surface area contributed by atoms with Crippen LogP contribution in [0.5, 0.6) is 0 Å². The number of imide groups is 1. The minimum absolute atomic E-state index is 0.0759. The molecular formula is C16H16F3N3O3. The number of halogens is 3. The molecule has 1 aromatic carbocycles. The fourth-order valence-electron chi connectivity index (χ4n) is 2.88. The van der Waals surface area contributed by atoms with Crippen LogP contribution < -0.4 is 10.6 Å². The van der Waals surface area contributed by atoms with E-state index in [0.29, 0.717) is 0 Å². The van der Waals surface area contributed by atoms with Gasteiger partial charge in [0.2, 0.25) is 5.91 Å². The summed E-state index contributed by atoms with van der Waals surface area (Å²) in [5.74, 6) is -1.04. The van der Waals surface area contributed by atoms with Gasteiger partial charge in [-0.15, -0.1) is 0 Å². The Hall–Kier alpha value is -2.58. The van der Waals surface area contributed by atoms with E-state index in [1.165, 1.54) is 0 Å². The summed E-state index contributed by atoms with van der Waals surface area (Å²) < 4.78 is 37.5. The molecule has 9 heteroatoms. The molecule has 1 saturated carbocycles. The van der Waals surface area contributed by atoms with E-state index in [-0.39, 0.29) is 11.6 Å². The average Bonchev–Trinajstić information content (AvgIpc) is 3.33. The third kappa shape index (κ3) is 3.31. The Morgan fingerprint density at radius 2 is 1.88 bits per heavy atom. The molecular weight excluding hydrogens is 339 g/mol. The lowest BCUT2D eigenvalue weighted by molar-refractivity contribution is -0.137. The highest BCUT2D eigenvalue weighted by Crippen LogP contribution is 2.42. The van der Waals surface area contributed by atoms with E-state index in [1.807, 2.05) is 0 Å². The summed E-state index contributed by atoms with van der Waals surface area (Å²) in [6, 6.07) is 3.27. The maximum absolute atomic E-state index is 12.5. The minimum Gasteiger partial charge on any atom is -0.325 e. The number of amides is 4. The van der Waals surface area contributed by atoms with Gasteiger partial charge in [-0.2, -0.15) is 13.2 Å². The number of rotatable bonds is 4. The Labute approximate surface area is 141 Å². The lowest BCUT2D eigenvalue weighted by Crippen LogP contribution is -2.46. The molecule has 1 atom stereocenters. The van der Waals surface area contributed by atoms with E-state index in [9.17, 15) is 27.6 Å². The standard InChI is InChI=1S/C16H16F3N3O3/c1-15(9-2-3-9)13(24)22(14(25)21-15)8-12(23)20-11-6-4-10(5-7-11)16(17,18)19/h4-7,9H,2-3,8H2,1H3,(H,20,23)(H,21,25)/t15-/m0/s1. The Morgan fingerprint density at radius 3 is 2.40 bits per heavy atom. The van der Waals surface area contributed by atoms with Gasteiger partial charge in [0.15, 0.2) is 0 Å². The number of benzene rings is 1. The first-order valence-corrected chi connectivity index (χ1v) is 7.72. The summed E-state index contributed by atoms with van der Waals surface area (Å²) in [4.78, 5) is 37.2. The molecule has 4 amide bonds. The van der Waals surface area contributed by atoms with Crippen LogP contribution in [0.15, 0.2) is 24.3 Å². The van der Waals surface area contributed by atoms with Crippen LogP contribution in [0.3, 0.4) is 0 Å². The summed E-state index contributed by atoms with van der Waals surface area (Å²) in [5.41, 5.74) is -1.67. The van der Waals surface area contributed by atoms with Crippen LogP contribution in [0.4, 0.5) is 23.7 Å². The molecule has 134 valence electrons. The number of anilines is 1. The van der Waals surface area contributed by atoms with Gasteiger partial charge in [-0.05, 0) is 49.9 Å². The monoisotopic (exact) mass is 355 g/mol. The van der Waals surface area contributed by atoms with E-state index < -0.39 is 41.7 Å².